The Bertz CT molecular complexity index is 236. The van der Waals surface area contributed by atoms with Crippen LogP contribution >= 0.6 is 0 Å². The predicted molar refractivity (Wildman–Crippen MR) is 63.4 cm³/mol. The molecule has 0 bridgehead atoms. The number of hydrogen-bond donors (Lipinski definition) is 0. The average molecular weight is 225 g/mol. The number of carbonyl (C=O) groups is 1. The summed E-state index contributed by atoms with van der Waals surface area (Å²) in [4.78, 5) is 13.9. The third-order valence-electron chi connectivity index (χ3n) is 3.94. The molecule has 3 heteroatoms. The van der Waals surface area contributed by atoms with Crippen LogP contribution in [0.3, 0.4) is 0 Å². The second-order valence-corrected chi connectivity index (χ2v) is 5.27. The molecule has 0 aromatic carbocycles. The Balaban J connectivity index is 1.78. The number of likely N-dealkylation sites (tertiary alicyclic amines) is 1. The number of piperidine rings is 1. The van der Waals surface area contributed by atoms with Gasteiger partial charge in [0, 0.05) is 32.2 Å². The van der Waals surface area contributed by atoms with Gasteiger partial charge in [0.15, 0.2) is 0 Å². The van der Waals surface area contributed by atoms with Crippen LogP contribution in [0.5, 0.6) is 0 Å². The number of ketones is 1. The van der Waals surface area contributed by atoms with Crippen LogP contribution in [-0.2, 0) is 9.53 Å². The van der Waals surface area contributed by atoms with Gasteiger partial charge in [-0.25, -0.2) is 0 Å². The standard InChI is InChI=1S/C13H23NO2/c1-11(15)13-3-2-6-14(10-13)9-12-4-7-16-8-5-12/h12-13H,2-10H2,1H3. The summed E-state index contributed by atoms with van der Waals surface area (Å²) in [5.74, 6) is 1.46. The Morgan fingerprint density at radius 2 is 2.06 bits per heavy atom. The zero-order valence-corrected chi connectivity index (χ0v) is 10.3. The van der Waals surface area contributed by atoms with Crippen molar-refractivity contribution in [2.45, 2.75) is 32.6 Å². The fraction of sp³-hybridized carbons (Fsp3) is 0.923. The van der Waals surface area contributed by atoms with Crippen molar-refractivity contribution in [1.29, 1.82) is 0 Å². The summed E-state index contributed by atoms with van der Waals surface area (Å²) in [7, 11) is 0. The van der Waals surface area contributed by atoms with Crippen molar-refractivity contribution in [2.75, 3.05) is 32.8 Å². The van der Waals surface area contributed by atoms with Crippen LogP contribution in [-0.4, -0.2) is 43.5 Å². The molecule has 2 heterocycles. The molecule has 0 amide bonds. The predicted octanol–water partition coefficient (Wildman–Crippen LogP) is 1.71. The smallest absolute Gasteiger partial charge is 0.134 e. The minimum Gasteiger partial charge on any atom is -0.381 e. The molecule has 0 aromatic rings. The molecule has 2 fully saturated rings. The lowest BCUT2D eigenvalue weighted by molar-refractivity contribution is -0.122. The van der Waals surface area contributed by atoms with Crippen LogP contribution in [0.1, 0.15) is 32.6 Å². The monoisotopic (exact) mass is 225 g/mol. The molecule has 16 heavy (non-hydrogen) atoms. The van der Waals surface area contributed by atoms with Crippen molar-refractivity contribution in [1.82, 2.24) is 4.90 Å². The highest BCUT2D eigenvalue weighted by Crippen LogP contribution is 2.21. The maximum absolute atomic E-state index is 11.4. The molecule has 2 aliphatic rings. The lowest BCUT2D eigenvalue weighted by atomic mass is 9.92. The number of rotatable bonds is 3. The van der Waals surface area contributed by atoms with E-state index in [0.29, 0.717) is 11.7 Å². The topological polar surface area (TPSA) is 29.5 Å². The highest BCUT2D eigenvalue weighted by atomic mass is 16.5. The Kier molecular flexibility index (Phi) is 4.36. The largest absolute Gasteiger partial charge is 0.381 e. The number of Topliss-reactive ketones (excluding diaryl/α,β-unsaturated/α-hetero) is 1. The summed E-state index contributed by atoms with van der Waals surface area (Å²) >= 11 is 0. The van der Waals surface area contributed by atoms with Gasteiger partial charge in [-0.2, -0.15) is 0 Å². The van der Waals surface area contributed by atoms with Gasteiger partial charge in [-0.1, -0.05) is 0 Å². The molecule has 92 valence electrons. The SMILES string of the molecule is CC(=O)C1CCCN(CC2CCOCC2)C1. The second-order valence-electron chi connectivity index (χ2n) is 5.27. The molecule has 0 saturated carbocycles. The minimum atomic E-state index is 0.300. The van der Waals surface area contributed by atoms with E-state index in [1.165, 1.54) is 32.4 Å². The van der Waals surface area contributed by atoms with Crippen molar-refractivity contribution in [3.63, 3.8) is 0 Å². The zero-order valence-electron chi connectivity index (χ0n) is 10.3. The number of nitrogens with zero attached hydrogens (tertiary/aromatic N) is 1. The zero-order chi connectivity index (χ0) is 11.4. The lowest BCUT2D eigenvalue weighted by Crippen LogP contribution is -2.41. The summed E-state index contributed by atoms with van der Waals surface area (Å²) in [5.41, 5.74) is 0. The number of ether oxygens (including phenoxy) is 1. The van der Waals surface area contributed by atoms with E-state index in [4.69, 9.17) is 4.74 Å². The summed E-state index contributed by atoms with van der Waals surface area (Å²) in [5, 5.41) is 0. The Morgan fingerprint density at radius 3 is 2.75 bits per heavy atom. The fourth-order valence-corrected chi connectivity index (χ4v) is 2.85. The molecule has 3 nitrogen and oxygen atoms in total. The van der Waals surface area contributed by atoms with Crippen molar-refractivity contribution >= 4 is 5.78 Å². The van der Waals surface area contributed by atoms with E-state index < -0.39 is 0 Å². The molecule has 0 aromatic heterocycles. The normalized spacial score (nSPS) is 29.2. The molecule has 1 unspecified atom stereocenters. The van der Waals surface area contributed by atoms with Crippen molar-refractivity contribution < 1.29 is 9.53 Å². The van der Waals surface area contributed by atoms with E-state index in [1.807, 2.05) is 0 Å². The third kappa shape index (κ3) is 3.29. The number of carbonyl (C=O) groups excluding carboxylic acids is 1. The summed E-state index contributed by atoms with van der Waals surface area (Å²) < 4.78 is 5.38. The van der Waals surface area contributed by atoms with Crippen LogP contribution in [0.25, 0.3) is 0 Å². The van der Waals surface area contributed by atoms with Gasteiger partial charge >= 0.3 is 0 Å². The van der Waals surface area contributed by atoms with E-state index in [2.05, 4.69) is 4.90 Å². The third-order valence-corrected chi connectivity index (χ3v) is 3.94. The van der Waals surface area contributed by atoms with Gasteiger partial charge in [0.2, 0.25) is 0 Å². The first-order valence-electron chi connectivity index (χ1n) is 6.56. The first-order chi connectivity index (χ1) is 7.75. The van der Waals surface area contributed by atoms with Gasteiger partial charge in [0.05, 0.1) is 0 Å². The van der Waals surface area contributed by atoms with Gasteiger partial charge < -0.3 is 9.64 Å². The fourth-order valence-electron chi connectivity index (χ4n) is 2.85. The van der Waals surface area contributed by atoms with E-state index in [1.54, 1.807) is 6.92 Å². The molecule has 2 aliphatic heterocycles. The van der Waals surface area contributed by atoms with E-state index in [9.17, 15) is 4.79 Å². The van der Waals surface area contributed by atoms with Crippen LogP contribution in [0.15, 0.2) is 0 Å². The van der Waals surface area contributed by atoms with E-state index in [-0.39, 0.29) is 0 Å². The van der Waals surface area contributed by atoms with Gasteiger partial charge in [0.1, 0.15) is 5.78 Å². The Labute approximate surface area is 98.1 Å². The first kappa shape index (κ1) is 12.1. The van der Waals surface area contributed by atoms with Crippen molar-refractivity contribution in [3.8, 4) is 0 Å². The maximum Gasteiger partial charge on any atom is 0.134 e. The maximum atomic E-state index is 11.4. The lowest BCUT2D eigenvalue weighted by Gasteiger charge is -2.35. The molecule has 2 rings (SSSR count). The van der Waals surface area contributed by atoms with E-state index in [0.717, 1.165) is 32.1 Å². The Morgan fingerprint density at radius 1 is 1.31 bits per heavy atom. The summed E-state index contributed by atoms with van der Waals surface area (Å²) in [6.07, 6.45) is 4.68. The average Bonchev–Trinajstić information content (AvgIpc) is 2.30. The second kappa shape index (κ2) is 5.78. The molecule has 0 aliphatic carbocycles. The molecular weight excluding hydrogens is 202 g/mol. The Hall–Kier alpha value is -0.410. The molecule has 0 N–H and O–H groups in total. The molecule has 0 radical (unpaired) electrons. The summed E-state index contributed by atoms with van der Waals surface area (Å²) in [6, 6.07) is 0. The van der Waals surface area contributed by atoms with Crippen LogP contribution in [0.4, 0.5) is 0 Å². The molecule has 0 spiro atoms. The highest BCUT2D eigenvalue weighted by Gasteiger charge is 2.25. The molecule has 1 atom stereocenters. The van der Waals surface area contributed by atoms with E-state index >= 15 is 0 Å². The van der Waals surface area contributed by atoms with Gasteiger partial charge in [-0.15, -0.1) is 0 Å². The van der Waals surface area contributed by atoms with Gasteiger partial charge in [-0.3, -0.25) is 4.79 Å². The van der Waals surface area contributed by atoms with Crippen molar-refractivity contribution in [3.05, 3.63) is 0 Å². The van der Waals surface area contributed by atoms with Crippen LogP contribution in [0.2, 0.25) is 0 Å². The van der Waals surface area contributed by atoms with Gasteiger partial charge in [-0.05, 0) is 45.1 Å². The van der Waals surface area contributed by atoms with Gasteiger partial charge in [0.25, 0.3) is 0 Å². The molecule has 2 saturated heterocycles. The van der Waals surface area contributed by atoms with Crippen LogP contribution in [0, 0.1) is 11.8 Å². The van der Waals surface area contributed by atoms with Crippen molar-refractivity contribution in [2.24, 2.45) is 11.8 Å². The minimum absolute atomic E-state index is 0.300. The quantitative estimate of drug-likeness (QED) is 0.732. The number of hydrogen-bond acceptors (Lipinski definition) is 3. The van der Waals surface area contributed by atoms with Crippen LogP contribution < -0.4 is 0 Å². The highest BCUT2D eigenvalue weighted by molar-refractivity contribution is 5.78. The summed E-state index contributed by atoms with van der Waals surface area (Å²) in [6.45, 7) is 6.94. The molecular formula is C13H23NO2. The first-order valence-corrected chi connectivity index (χ1v) is 6.56.